The number of benzene rings is 2. The highest BCUT2D eigenvalue weighted by Gasteiger charge is 2.44. The quantitative estimate of drug-likeness (QED) is 0.329. The van der Waals surface area contributed by atoms with E-state index in [9.17, 15) is 14.7 Å². The van der Waals surface area contributed by atoms with Crippen LogP contribution in [0.15, 0.2) is 77.4 Å². The molecule has 3 aromatic rings. The maximum absolute atomic E-state index is 13.5. The lowest BCUT2D eigenvalue weighted by atomic mass is 9.95. The van der Waals surface area contributed by atoms with Gasteiger partial charge in [-0.05, 0) is 68.7 Å². The maximum Gasteiger partial charge on any atom is 0.290 e. The Balaban J connectivity index is 1.69. The molecule has 4 rings (SSSR count). The average molecular weight is 521 g/mol. The smallest absolute Gasteiger partial charge is 0.290 e. The van der Waals surface area contributed by atoms with Crippen LogP contribution in [-0.4, -0.2) is 60.4 Å². The second-order valence-electron chi connectivity index (χ2n) is 9.04. The summed E-state index contributed by atoms with van der Waals surface area (Å²) in [5.41, 5.74) is 1.80. The molecule has 1 aliphatic heterocycles. The lowest BCUT2D eigenvalue weighted by Gasteiger charge is -2.28. The van der Waals surface area contributed by atoms with Crippen LogP contribution in [0.3, 0.4) is 0 Å². The molecule has 1 N–H and O–H groups in total. The number of aliphatic hydroxyl groups is 1. The Labute approximate surface area is 221 Å². The molecule has 2 aromatic carbocycles. The van der Waals surface area contributed by atoms with Gasteiger partial charge in [0.05, 0.1) is 23.1 Å². The number of hydrogen-bond acceptors (Lipinski definition) is 7. The van der Waals surface area contributed by atoms with Crippen molar-refractivity contribution in [2.45, 2.75) is 26.0 Å². The predicted octanol–water partition coefficient (Wildman–Crippen LogP) is 5.26. The summed E-state index contributed by atoms with van der Waals surface area (Å²) in [7, 11) is 3.93. The molecule has 0 fully saturated rings. The highest BCUT2D eigenvalue weighted by molar-refractivity contribution is 7.12. The van der Waals surface area contributed by atoms with E-state index in [1.54, 1.807) is 34.5 Å². The minimum absolute atomic E-state index is 0.0951. The molecule has 0 radical (unpaired) electrons. The van der Waals surface area contributed by atoms with Crippen molar-refractivity contribution in [3.63, 3.8) is 0 Å². The van der Waals surface area contributed by atoms with E-state index in [4.69, 9.17) is 9.47 Å². The van der Waals surface area contributed by atoms with Crippen molar-refractivity contribution in [2.24, 2.45) is 0 Å². The third-order valence-corrected chi connectivity index (χ3v) is 6.99. The van der Waals surface area contributed by atoms with Crippen molar-refractivity contribution in [1.82, 2.24) is 9.80 Å². The first-order valence-corrected chi connectivity index (χ1v) is 13.2. The summed E-state index contributed by atoms with van der Waals surface area (Å²) in [6.07, 6.45) is 0.694. The van der Waals surface area contributed by atoms with Gasteiger partial charge >= 0.3 is 0 Å². The number of rotatable bonds is 12. The average Bonchev–Trinajstić information content (AvgIpc) is 3.52. The number of amides is 1. The molecule has 0 saturated heterocycles. The van der Waals surface area contributed by atoms with Gasteiger partial charge < -0.3 is 24.4 Å². The molecule has 8 heteroatoms. The highest BCUT2D eigenvalue weighted by atomic mass is 32.1. The molecule has 1 unspecified atom stereocenters. The van der Waals surface area contributed by atoms with E-state index < -0.39 is 17.7 Å². The molecule has 1 aliphatic rings. The minimum atomic E-state index is -0.730. The molecule has 0 spiro atoms. The van der Waals surface area contributed by atoms with Gasteiger partial charge in [0, 0.05) is 6.54 Å². The Hall–Kier alpha value is -3.62. The zero-order valence-corrected chi connectivity index (χ0v) is 22.2. The van der Waals surface area contributed by atoms with E-state index in [1.165, 1.54) is 11.3 Å². The summed E-state index contributed by atoms with van der Waals surface area (Å²) >= 11 is 1.28. The number of hydrogen-bond donors (Lipinski definition) is 1. The standard InChI is InChI=1S/C29H32N2O5S/c1-4-35-23-18-21(13-14-22(23)36-19-20-10-6-5-7-11-20)26-25(27(32)24-12-8-17-37-24)28(33)29(34)31(26)16-9-15-30(2)3/h5-8,10-14,17-18,26,33H,4,9,15-16,19H2,1-3H3. The van der Waals surface area contributed by atoms with Gasteiger partial charge in [-0.3, -0.25) is 9.59 Å². The summed E-state index contributed by atoms with van der Waals surface area (Å²) in [5, 5.41) is 12.7. The fourth-order valence-corrected chi connectivity index (χ4v) is 5.06. The van der Waals surface area contributed by atoms with Gasteiger partial charge in [-0.2, -0.15) is 0 Å². The summed E-state index contributed by atoms with van der Waals surface area (Å²) in [4.78, 5) is 30.7. The van der Waals surface area contributed by atoms with Crippen LogP contribution in [-0.2, 0) is 11.4 Å². The third kappa shape index (κ3) is 6.03. The van der Waals surface area contributed by atoms with Gasteiger partial charge in [0.15, 0.2) is 17.3 Å². The Morgan fingerprint density at radius 3 is 2.51 bits per heavy atom. The second kappa shape index (κ2) is 12.1. The number of ether oxygens (including phenoxy) is 2. The van der Waals surface area contributed by atoms with Gasteiger partial charge in [0.25, 0.3) is 5.91 Å². The summed E-state index contributed by atoms with van der Waals surface area (Å²) < 4.78 is 11.9. The lowest BCUT2D eigenvalue weighted by Crippen LogP contribution is -2.33. The zero-order chi connectivity index (χ0) is 26.4. The van der Waals surface area contributed by atoms with E-state index in [2.05, 4.69) is 0 Å². The molecule has 1 atom stereocenters. The van der Waals surface area contributed by atoms with Crippen LogP contribution in [0.25, 0.3) is 0 Å². The molecular formula is C29H32N2O5S. The Kier molecular flexibility index (Phi) is 8.63. The topological polar surface area (TPSA) is 79.3 Å². The van der Waals surface area contributed by atoms with Crippen LogP contribution >= 0.6 is 11.3 Å². The van der Waals surface area contributed by atoms with Crippen molar-refractivity contribution < 1.29 is 24.2 Å². The normalized spacial score (nSPS) is 15.5. The number of carbonyl (C=O) groups excluding carboxylic acids is 2. The Bertz CT molecular complexity index is 1250. The number of aliphatic hydroxyl groups excluding tert-OH is 1. The first kappa shape index (κ1) is 26.4. The van der Waals surface area contributed by atoms with Gasteiger partial charge in [-0.15, -0.1) is 11.3 Å². The molecule has 37 heavy (non-hydrogen) atoms. The number of carbonyl (C=O) groups is 2. The van der Waals surface area contributed by atoms with Crippen LogP contribution in [0.1, 0.15) is 40.2 Å². The lowest BCUT2D eigenvalue weighted by molar-refractivity contribution is -0.129. The number of ketones is 1. The van der Waals surface area contributed by atoms with Crippen LogP contribution < -0.4 is 9.47 Å². The molecule has 1 aromatic heterocycles. The van der Waals surface area contributed by atoms with Gasteiger partial charge in [-0.25, -0.2) is 0 Å². The molecule has 2 heterocycles. The second-order valence-corrected chi connectivity index (χ2v) is 9.99. The van der Waals surface area contributed by atoms with Crippen LogP contribution in [0.5, 0.6) is 11.5 Å². The van der Waals surface area contributed by atoms with Crippen LogP contribution in [0.4, 0.5) is 0 Å². The molecule has 0 aliphatic carbocycles. The fourth-order valence-electron chi connectivity index (χ4n) is 4.38. The van der Waals surface area contributed by atoms with Crippen LogP contribution in [0.2, 0.25) is 0 Å². The highest BCUT2D eigenvalue weighted by Crippen LogP contribution is 2.42. The number of nitrogens with zero attached hydrogens (tertiary/aromatic N) is 2. The predicted molar refractivity (Wildman–Crippen MR) is 144 cm³/mol. The van der Waals surface area contributed by atoms with E-state index >= 15 is 0 Å². The first-order chi connectivity index (χ1) is 17.9. The van der Waals surface area contributed by atoms with Gasteiger partial charge in [-0.1, -0.05) is 42.5 Å². The fraction of sp³-hybridized carbons (Fsp3) is 0.310. The van der Waals surface area contributed by atoms with E-state index in [1.807, 2.05) is 62.3 Å². The largest absolute Gasteiger partial charge is 0.503 e. The molecule has 1 amide bonds. The molecule has 0 saturated carbocycles. The molecule has 0 bridgehead atoms. The zero-order valence-electron chi connectivity index (χ0n) is 21.3. The van der Waals surface area contributed by atoms with Crippen molar-refractivity contribution in [3.8, 4) is 11.5 Å². The monoisotopic (exact) mass is 520 g/mol. The molecule has 194 valence electrons. The Morgan fingerprint density at radius 2 is 1.84 bits per heavy atom. The van der Waals surface area contributed by atoms with Gasteiger partial charge in [0.2, 0.25) is 5.78 Å². The maximum atomic E-state index is 13.5. The molecular weight excluding hydrogens is 488 g/mol. The Morgan fingerprint density at radius 1 is 1.05 bits per heavy atom. The van der Waals surface area contributed by atoms with Crippen molar-refractivity contribution in [1.29, 1.82) is 0 Å². The van der Waals surface area contributed by atoms with E-state index in [0.717, 1.165) is 12.1 Å². The summed E-state index contributed by atoms with van der Waals surface area (Å²) in [6, 6.07) is 18.0. The number of thiophene rings is 1. The molecule has 7 nitrogen and oxygen atoms in total. The van der Waals surface area contributed by atoms with Crippen LogP contribution in [0, 0.1) is 0 Å². The number of Topliss-reactive ketones (excluding diaryl/α,β-unsaturated/α-hetero) is 1. The van der Waals surface area contributed by atoms with Crippen molar-refractivity contribution in [2.75, 3.05) is 33.8 Å². The van der Waals surface area contributed by atoms with E-state index in [-0.39, 0.29) is 11.4 Å². The van der Waals surface area contributed by atoms with Crippen molar-refractivity contribution >= 4 is 23.0 Å². The third-order valence-electron chi connectivity index (χ3n) is 6.12. The van der Waals surface area contributed by atoms with E-state index in [0.29, 0.717) is 48.1 Å². The minimum Gasteiger partial charge on any atom is -0.503 e. The summed E-state index contributed by atoms with van der Waals surface area (Å²) in [6.45, 7) is 3.84. The summed E-state index contributed by atoms with van der Waals surface area (Å²) in [5.74, 6) is -0.284. The SMILES string of the molecule is CCOc1cc(C2C(C(=O)c3cccs3)=C(O)C(=O)N2CCCN(C)C)ccc1OCc1ccccc1. The first-order valence-electron chi connectivity index (χ1n) is 12.3. The van der Waals surface area contributed by atoms with Gasteiger partial charge in [0.1, 0.15) is 6.61 Å². The van der Waals surface area contributed by atoms with Crippen molar-refractivity contribution in [3.05, 3.63) is 93.4 Å².